The van der Waals surface area contributed by atoms with Crippen LogP contribution in [-0.2, 0) is 9.47 Å². The Morgan fingerprint density at radius 1 is 0.952 bits per heavy atom. The van der Waals surface area contributed by atoms with Gasteiger partial charge in [-0.1, -0.05) is 41.5 Å². The third kappa shape index (κ3) is 3.37. The van der Waals surface area contributed by atoms with Crippen molar-refractivity contribution in [2.24, 2.45) is 26.7 Å². The molecule has 0 fully saturated rings. The molecule has 0 aliphatic carbocycles. The molecule has 0 aromatic carbocycles. The van der Waals surface area contributed by atoms with Crippen LogP contribution in [0.4, 0.5) is 0 Å². The summed E-state index contributed by atoms with van der Waals surface area (Å²) < 4.78 is 11.3. The van der Waals surface area contributed by atoms with Gasteiger partial charge >= 0.3 is 0 Å². The standard InChI is InChI=1S/C16H25N3O2/c1-15(2,3)11-8-20-13(18-11)10(7-17)14-19-12(9-21-14)16(4,5)6/h10-12H,8-9H2,1-6H3. The molecule has 0 aromatic rings. The minimum Gasteiger partial charge on any atom is -0.477 e. The Labute approximate surface area is 127 Å². The molecule has 2 aliphatic rings. The molecule has 0 saturated carbocycles. The average molecular weight is 291 g/mol. The zero-order valence-electron chi connectivity index (χ0n) is 13.8. The van der Waals surface area contributed by atoms with Crippen LogP contribution in [-0.4, -0.2) is 37.1 Å². The molecule has 5 heteroatoms. The first-order valence-electron chi connectivity index (χ1n) is 7.43. The van der Waals surface area contributed by atoms with Gasteiger partial charge in [-0.3, -0.25) is 0 Å². The molecule has 5 nitrogen and oxygen atoms in total. The van der Waals surface area contributed by atoms with Gasteiger partial charge in [0, 0.05) is 0 Å². The number of hydrogen-bond donors (Lipinski definition) is 0. The molecule has 2 aliphatic heterocycles. The second-order valence-electron chi connectivity index (χ2n) is 7.88. The third-order valence-electron chi connectivity index (χ3n) is 3.97. The number of aliphatic imine (C=N–C) groups is 2. The van der Waals surface area contributed by atoms with Crippen molar-refractivity contribution in [1.82, 2.24) is 0 Å². The lowest BCUT2D eigenvalue weighted by atomic mass is 9.88. The Morgan fingerprint density at radius 2 is 1.33 bits per heavy atom. The van der Waals surface area contributed by atoms with Crippen LogP contribution in [0.25, 0.3) is 0 Å². The maximum atomic E-state index is 9.45. The number of ether oxygens (including phenoxy) is 2. The molecule has 2 rings (SSSR count). The normalized spacial score (nSPS) is 27.3. The van der Waals surface area contributed by atoms with E-state index in [0.717, 1.165) is 0 Å². The molecule has 116 valence electrons. The van der Waals surface area contributed by atoms with E-state index in [1.807, 2.05) is 0 Å². The molecule has 0 saturated heterocycles. The highest BCUT2D eigenvalue weighted by atomic mass is 16.5. The molecule has 21 heavy (non-hydrogen) atoms. The second kappa shape index (κ2) is 5.32. The zero-order valence-corrected chi connectivity index (χ0v) is 13.8. The highest BCUT2D eigenvalue weighted by molar-refractivity contribution is 6.04. The van der Waals surface area contributed by atoms with E-state index in [1.54, 1.807) is 0 Å². The molecule has 0 aromatic heterocycles. The van der Waals surface area contributed by atoms with Crippen LogP contribution in [0.3, 0.4) is 0 Å². The average Bonchev–Trinajstić information content (AvgIpc) is 2.96. The van der Waals surface area contributed by atoms with Gasteiger partial charge < -0.3 is 9.47 Å². The Kier molecular flexibility index (Phi) is 4.01. The van der Waals surface area contributed by atoms with Gasteiger partial charge in [0.1, 0.15) is 13.2 Å². The Hall–Kier alpha value is -1.57. The minimum atomic E-state index is -0.621. The molecule has 0 bridgehead atoms. The number of hydrogen-bond acceptors (Lipinski definition) is 5. The summed E-state index contributed by atoms with van der Waals surface area (Å²) in [7, 11) is 0. The topological polar surface area (TPSA) is 67.0 Å². The first kappa shape index (κ1) is 15.8. The summed E-state index contributed by atoms with van der Waals surface area (Å²) in [6.07, 6.45) is 0. The highest BCUT2D eigenvalue weighted by Crippen LogP contribution is 2.30. The fraction of sp³-hybridized carbons (Fsp3) is 0.812. The van der Waals surface area contributed by atoms with Crippen molar-refractivity contribution in [3.05, 3.63) is 0 Å². The first-order chi connectivity index (χ1) is 9.63. The summed E-state index contributed by atoms with van der Waals surface area (Å²) in [5.41, 5.74) is 0.0437. The maximum absolute atomic E-state index is 9.45. The first-order valence-corrected chi connectivity index (χ1v) is 7.43. The van der Waals surface area contributed by atoms with E-state index >= 15 is 0 Å². The van der Waals surface area contributed by atoms with Crippen LogP contribution in [0.15, 0.2) is 9.98 Å². The van der Waals surface area contributed by atoms with Gasteiger partial charge in [0.25, 0.3) is 0 Å². The molecule has 0 amide bonds. The SMILES string of the molecule is CC(C)(C)C1COC(C(C#N)C2=NC(C(C)(C)C)CO2)=N1. The number of rotatable bonds is 2. The predicted octanol–water partition coefficient (Wildman–Crippen LogP) is 2.81. The van der Waals surface area contributed by atoms with Crippen LogP contribution < -0.4 is 0 Å². The van der Waals surface area contributed by atoms with Crippen LogP contribution in [0.2, 0.25) is 0 Å². The molecule has 2 heterocycles. The Bertz CT molecular complexity index is 463. The lowest BCUT2D eigenvalue weighted by Crippen LogP contribution is -2.25. The minimum absolute atomic E-state index is 0.0219. The van der Waals surface area contributed by atoms with Crippen LogP contribution in [0, 0.1) is 28.1 Å². The van der Waals surface area contributed by atoms with Gasteiger partial charge in [0.2, 0.25) is 11.8 Å². The van der Waals surface area contributed by atoms with E-state index in [0.29, 0.717) is 25.0 Å². The third-order valence-corrected chi connectivity index (χ3v) is 3.97. The maximum Gasteiger partial charge on any atom is 0.211 e. The summed E-state index contributed by atoms with van der Waals surface area (Å²) in [6, 6.07) is 2.36. The number of nitriles is 1. The van der Waals surface area contributed by atoms with Crippen molar-refractivity contribution in [2.75, 3.05) is 13.2 Å². The van der Waals surface area contributed by atoms with Crippen molar-refractivity contribution in [3.63, 3.8) is 0 Å². The quantitative estimate of drug-likeness (QED) is 0.785. The second-order valence-corrected chi connectivity index (χ2v) is 7.88. The van der Waals surface area contributed by atoms with E-state index in [4.69, 9.17) is 9.47 Å². The van der Waals surface area contributed by atoms with Gasteiger partial charge in [-0.2, -0.15) is 5.26 Å². The van der Waals surface area contributed by atoms with E-state index < -0.39 is 5.92 Å². The fourth-order valence-electron chi connectivity index (χ4n) is 2.20. The molecule has 0 radical (unpaired) electrons. The van der Waals surface area contributed by atoms with Gasteiger partial charge in [-0.05, 0) is 10.8 Å². The highest BCUT2D eigenvalue weighted by Gasteiger charge is 2.39. The van der Waals surface area contributed by atoms with Gasteiger partial charge in [-0.25, -0.2) is 9.98 Å². The van der Waals surface area contributed by atoms with E-state index in [9.17, 15) is 5.26 Å². The van der Waals surface area contributed by atoms with E-state index in [2.05, 4.69) is 57.6 Å². The lowest BCUT2D eigenvalue weighted by molar-refractivity contribution is 0.225. The Morgan fingerprint density at radius 3 is 1.57 bits per heavy atom. The van der Waals surface area contributed by atoms with Crippen molar-refractivity contribution in [2.45, 2.75) is 53.6 Å². The van der Waals surface area contributed by atoms with Crippen molar-refractivity contribution in [1.29, 1.82) is 5.26 Å². The van der Waals surface area contributed by atoms with Crippen molar-refractivity contribution < 1.29 is 9.47 Å². The largest absolute Gasteiger partial charge is 0.477 e. The van der Waals surface area contributed by atoms with Crippen LogP contribution in [0.5, 0.6) is 0 Å². The van der Waals surface area contributed by atoms with Crippen molar-refractivity contribution in [3.8, 4) is 6.07 Å². The molecular weight excluding hydrogens is 266 g/mol. The molecule has 2 unspecified atom stereocenters. The fourth-order valence-corrected chi connectivity index (χ4v) is 2.20. The van der Waals surface area contributed by atoms with Crippen molar-refractivity contribution >= 4 is 11.8 Å². The van der Waals surface area contributed by atoms with E-state index in [1.165, 1.54) is 0 Å². The summed E-state index contributed by atoms with van der Waals surface area (Å²) in [6.45, 7) is 13.8. The summed E-state index contributed by atoms with van der Waals surface area (Å²) in [5.74, 6) is 0.279. The van der Waals surface area contributed by atoms with Gasteiger partial charge in [0.05, 0.1) is 18.2 Å². The van der Waals surface area contributed by atoms with Gasteiger partial charge in [-0.15, -0.1) is 0 Å². The van der Waals surface area contributed by atoms with E-state index in [-0.39, 0.29) is 22.9 Å². The monoisotopic (exact) mass is 291 g/mol. The van der Waals surface area contributed by atoms with Crippen LogP contribution >= 0.6 is 0 Å². The predicted molar refractivity (Wildman–Crippen MR) is 82.4 cm³/mol. The lowest BCUT2D eigenvalue weighted by Gasteiger charge is -2.21. The van der Waals surface area contributed by atoms with Gasteiger partial charge in [0.15, 0.2) is 5.92 Å². The summed E-state index contributed by atoms with van der Waals surface area (Å²) in [5, 5.41) is 9.45. The molecule has 2 atom stereocenters. The molecule has 0 spiro atoms. The summed E-state index contributed by atoms with van der Waals surface area (Å²) in [4.78, 5) is 9.15. The summed E-state index contributed by atoms with van der Waals surface area (Å²) >= 11 is 0. The molecular formula is C16H25N3O2. The zero-order chi connectivity index (χ0) is 15.8. The Balaban J connectivity index is 2.18. The number of nitrogens with zero attached hydrogens (tertiary/aromatic N) is 3. The molecule has 0 N–H and O–H groups in total. The smallest absolute Gasteiger partial charge is 0.211 e. The van der Waals surface area contributed by atoms with Crippen LogP contribution in [0.1, 0.15) is 41.5 Å².